The molecule has 4 rings (SSSR count). The number of rotatable bonds is 3. The lowest BCUT2D eigenvalue weighted by atomic mass is 9.63. The van der Waals surface area contributed by atoms with Gasteiger partial charge in [0.25, 0.3) is 0 Å². The lowest BCUT2D eigenvalue weighted by Crippen LogP contribution is -2.46. The topological polar surface area (TPSA) is 61.4 Å². The van der Waals surface area contributed by atoms with Gasteiger partial charge in [-0.2, -0.15) is 0 Å². The molecule has 1 saturated heterocycles. The summed E-state index contributed by atoms with van der Waals surface area (Å²) in [5.41, 5.74) is 1.42. The molecule has 2 heterocycles. The number of aliphatic carboxylic acids is 1. The number of nitrogens with one attached hydrogen (secondary N) is 2. The summed E-state index contributed by atoms with van der Waals surface area (Å²) in [6.07, 6.45) is 0.721. The minimum atomic E-state index is -1.00. The van der Waals surface area contributed by atoms with Crippen LogP contribution in [0, 0.1) is 11.2 Å². The van der Waals surface area contributed by atoms with Crippen LogP contribution in [0.25, 0.3) is 0 Å². The molecule has 3 N–H and O–H groups in total. The standard InChI is InChI=1S/C23H25Cl2FN2O2/c1-22(2,3)10-17-23(11-27-16-9-12(24)7-8-14(16)23)18(20(28-17)21(29)30)13-5-4-6-15(25)19(13)26/h4-9,17-18,20,27-28H,10-11H2,1-3H3,(H,29,30)/t17-,18-,20+,23-/m1/s1. The third kappa shape index (κ3) is 3.37. The lowest BCUT2D eigenvalue weighted by molar-refractivity contribution is -0.139. The molecule has 160 valence electrons. The summed E-state index contributed by atoms with van der Waals surface area (Å²) in [5.74, 6) is -2.20. The van der Waals surface area contributed by atoms with Crippen LogP contribution in [-0.4, -0.2) is 29.7 Å². The number of hydrogen-bond acceptors (Lipinski definition) is 3. The van der Waals surface area contributed by atoms with Crippen molar-refractivity contribution in [2.45, 2.75) is 50.6 Å². The van der Waals surface area contributed by atoms with E-state index < -0.39 is 29.2 Å². The van der Waals surface area contributed by atoms with E-state index in [2.05, 4.69) is 31.4 Å². The fourth-order valence-electron chi connectivity index (χ4n) is 5.25. The number of carboxylic acid groups (broad SMARTS) is 1. The second-order valence-corrected chi connectivity index (χ2v) is 10.3. The van der Waals surface area contributed by atoms with Crippen LogP contribution in [-0.2, 0) is 10.2 Å². The van der Waals surface area contributed by atoms with Crippen LogP contribution in [0.1, 0.15) is 44.2 Å². The molecule has 0 saturated carbocycles. The van der Waals surface area contributed by atoms with Gasteiger partial charge < -0.3 is 15.7 Å². The molecule has 1 fully saturated rings. The van der Waals surface area contributed by atoms with Gasteiger partial charge in [-0.25, -0.2) is 4.39 Å². The highest BCUT2D eigenvalue weighted by atomic mass is 35.5. The van der Waals surface area contributed by atoms with Crippen molar-refractivity contribution in [2.24, 2.45) is 5.41 Å². The van der Waals surface area contributed by atoms with Crippen molar-refractivity contribution in [3.63, 3.8) is 0 Å². The van der Waals surface area contributed by atoms with Crippen molar-refractivity contribution in [1.82, 2.24) is 5.32 Å². The molecule has 1 spiro atoms. The highest BCUT2D eigenvalue weighted by Crippen LogP contribution is 2.56. The van der Waals surface area contributed by atoms with Crippen LogP contribution in [0.3, 0.4) is 0 Å². The Bertz CT molecular complexity index is 1010. The molecule has 2 aromatic rings. The largest absolute Gasteiger partial charge is 0.480 e. The van der Waals surface area contributed by atoms with Gasteiger partial charge >= 0.3 is 5.97 Å². The minimum Gasteiger partial charge on any atom is -0.480 e. The number of carboxylic acids is 1. The Kier molecular flexibility index (Phi) is 5.28. The smallest absolute Gasteiger partial charge is 0.321 e. The van der Waals surface area contributed by atoms with Crippen LogP contribution >= 0.6 is 23.2 Å². The molecular weight excluding hydrogens is 426 g/mol. The first-order valence-corrected chi connectivity index (χ1v) is 10.8. The van der Waals surface area contributed by atoms with Crippen LogP contribution in [0.2, 0.25) is 10.0 Å². The van der Waals surface area contributed by atoms with E-state index >= 15 is 4.39 Å². The van der Waals surface area contributed by atoms with Crippen LogP contribution in [0.4, 0.5) is 10.1 Å². The number of benzene rings is 2. The Balaban J connectivity index is 1.98. The Hall–Kier alpha value is -1.82. The Morgan fingerprint density at radius 2 is 2.00 bits per heavy atom. The van der Waals surface area contributed by atoms with Gasteiger partial charge in [-0.1, -0.05) is 62.2 Å². The maximum atomic E-state index is 15.2. The average molecular weight is 451 g/mol. The van der Waals surface area contributed by atoms with E-state index in [9.17, 15) is 9.90 Å². The summed E-state index contributed by atoms with van der Waals surface area (Å²) in [6, 6.07) is 9.27. The summed E-state index contributed by atoms with van der Waals surface area (Å²) in [5, 5.41) is 17.4. The summed E-state index contributed by atoms with van der Waals surface area (Å²) in [4.78, 5) is 12.3. The van der Waals surface area contributed by atoms with E-state index in [1.165, 1.54) is 6.07 Å². The average Bonchev–Trinajstić information content (AvgIpc) is 3.16. The zero-order valence-corrected chi connectivity index (χ0v) is 18.6. The Labute approximate surface area is 185 Å². The molecule has 0 unspecified atom stereocenters. The predicted molar refractivity (Wildman–Crippen MR) is 118 cm³/mol. The number of carbonyl (C=O) groups is 1. The van der Waals surface area contributed by atoms with Gasteiger partial charge in [0.05, 0.1) is 5.02 Å². The van der Waals surface area contributed by atoms with Crippen molar-refractivity contribution in [1.29, 1.82) is 0 Å². The molecule has 2 aliphatic rings. The van der Waals surface area contributed by atoms with E-state index in [0.717, 1.165) is 17.7 Å². The highest BCUT2D eigenvalue weighted by Gasteiger charge is 2.61. The number of hydrogen-bond donors (Lipinski definition) is 3. The van der Waals surface area contributed by atoms with Crippen LogP contribution < -0.4 is 10.6 Å². The molecule has 30 heavy (non-hydrogen) atoms. The van der Waals surface area contributed by atoms with Gasteiger partial charge in [-0.3, -0.25) is 4.79 Å². The second kappa shape index (κ2) is 7.40. The fourth-order valence-corrected chi connectivity index (χ4v) is 5.61. The third-order valence-corrected chi connectivity index (χ3v) is 6.87. The monoisotopic (exact) mass is 450 g/mol. The number of halogens is 3. The Morgan fingerprint density at radius 1 is 1.27 bits per heavy atom. The molecule has 2 aromatic carbocycles. The summed E-state index contributed by atoms with van der Waals surface area (Å²) >= 11 is 12.3. The van der Waals surface area contributed by atoms with Gasteiger partial charge in [0.15, 0.2) is 0 Å². The maximum absolute atomic E-state index is 15.2. The van der Waals surface area contributed by atoms with E-state index in [1.807, 2.05) is 18.2 Å². The SMILES string of the molecule is CC(C)(C)C[C@H]1N[C@H](C(=O)O)[C@@H](c2cccc(Cl)c2F)[C@@]12CNc1cc(Cl)ccc12. The zero-order valence-electron chi connectivity index (χ0n) is 17.1. The molecule has 0 amide bonds. The second-order valence-electron chi connectivity index (χ2n) is 9.50. The van der Waals surface area contributed by atoms with E-state index in [0.29, 0.717) is 17.1 Å². The zero-order chi connectivity index (χ0) is 21.8. The van der Waals surface area contributed by atoms with Gasteiger partial charge in [-0.15, -0.1) is 0 Å². The first-order chi connectivity index (χ1) is 14.0. The quantitative estimate of drug-likeness (QED) is 0.582. The van der Waals surface area contributed by atoms with Gasteiger partial charge in [-0.05, 0) is 41.2 Å². The summed E-state index contributed by atoms with van der Waals surface area (Å²) in [7, 11) is 0. The molecule has 0 aromatic heterocycles. The fraction of sp³-hybridized carbons (Fsp3) is 0.435. The van der Waals surface area contributed by atoms with Crippen molar-refractivity contribution >= 4 is 34.9 Å². The first kappa shape index (κ1) is 21.4. The molecule has 0 radical (unpaired) electrons. The van der Waals surface area contributed by atoms with Crippen LogP contribution in [0.5, 0.6) is 0 Å². The minimum absolute atomic E-state index is 0.00616. The Morgan fingerprint density at radius 3 is 2.67 bits per heavy atom. The maximum Gasteiger partial charge on any atom is 0.321 e. The molecule has 0 bridgehead atoms. The summed E-state index contributed by atoms with van der Waals surface area (Å²) < 4.78 is 15.2. The first-order valence-electron chi connectivity index (χ1n) is 10.0. The molecule has 4 atom stereocenters. The van der Waals surface area contributed by atoms with Crippen LogP contribution in [0.15, 0.2) is 36.4 Å². The molecule has 7 heteroatoms. The lowest BCUT2D eigenvalue weighted by Gasteiger charge is -2.39. The van der Waals surface area contributed by atoms with Crippen molar-refractivity contribution in [3.05, 3.63) is 63.4 Å². The highest BCUT2D eigenvalue weighted by molar-refractivity contribution is 6.31. The number of fused-ring (bicyclic) bond motifs is 2. The van der Waals surface area contributed by atoms with Crippen molar-refractivity contribution in [2.75, 3.05) is 11.9 Å². The van der Waals surface area contributed by atoms with Crippen molar-refractivity contribution in [3.8, 4) is 0 Å². The van der Waals surface area contributed by atoms with E-state index in [4.69, 9.17) is 23.2 Å². The van der Waals surface area contributed by atoms with Gasteiger partial charge in [0.1, 0.15) is 11.9 Å². The normalized spacial score (nSPS) is 27.9. The molecule has 2 aliphatic heterocycles. The van der Waals surface area contributed by atoms with Crippen molar-refractivity contribution < 1.29 is 14.3 Å². The predicted octanol–water partition coefficient (Wildman–Crippen LogP) is 5.44. The molecular formula is C23H25Cl2FN2O2. The van der Waals surface area contributed by atoms with E-state index in [1.54, 1.807) is 12.1 Å². The van der Waals surface area contributed by atoms with E-state index in [-0.39, 0.29) is 16.5 Å². The summed E-state index contributed by atoms with van der Waals surface area (Å²) in [6.45, 7) is 6.85. The third-order valence-electron chi connectivity index (χ3n) is 6.34. The van der Waals surface area contributed by atoms with Gasteiger partial charge in [0, 0.05) is 34.6 Å². The molecule has 0 aliphatic carbocycles. The number of anilines is 1. The molecule has 4 nitrogen and oxygen atoms in total. The van der Waals surface area contributed by atoms with Gasteiger partial charge in [0.2, 0.25) is 0 Å².